The molecule has 0 aromatic heterocycles. The molecule has 1 rings (SSSR count). The number of sulfonamides is 1. The zero-order valence-corrected chi connectivity index (χ0v) is 11.4. The second kappa shape index (κ2) is 5.62. The van der Waals surface area contributed by atoms with Crippen LogP contribution in [0.2, 0.25) is 0 Å². The van der Waals surface area contributed by atoms with Crippen molar-refractivity contribution >= 4 is 10.0 Å². The van der Waals surface area contributed by atoms with E-state index in [9.17, 15) is 8.42 Å². The maximum Gasteiger partial charge on any atom is 0.238 e. The van der Waals surface area contributed by atoms with Crippen LogP contribution < -0.4 is 10.5 Å². The first kappa shape index (κ1) is 14.2. The van der Waals surface area contributed by atoms with Crippen LogP contribution >= 0.6 is 0 Å². The molecule has 0 amide bonds. The van der Waals surface area contributed by atoms with E-state index in [-0.39, 0.29) is 4.90 Å². The molecule has 0 saturated heterocycles. The normalized spacial score (nSPS) is 11.8. The average Bonchev–Trinajstić information content (AvgIpc) is 2.21. The minimum Gasteiger partial charge on any atom is -0.313 e. The molecule has 0 aliphatic heterocycles. The van der Waals surface area contributed by atoms with Crippen molar-refractivity contribution in [2.75, 3.05) is 6.54 Å². The highest BCUT2D eigenvalue weighted by atomic mass is 32.2. The summed E-state index contributed by atoms with van der Waals surface area (Å²) in [6.45, 7) is 7.34. The van der Waals surface area contributed by atoms with E-state index < -0.39 is 10.0 Å². The Labute approximate surface area is 103 Å². The smallest absolute Gasteiger partial charge is 0.238 e. The molecule has 3 N–H and O–H groups in total. The Morgan fingerprint density at radius 1 is 1.29 bits per heavy atom. The molecule has 0 aliphatic carbocycles. The Balaban J connectivity index is 3.07. The van der Waals surface area contributed by atoms with E-state index in [1.807, 2.05) is 13.0 Å². The van der Waals surface area contributed by atoms with Crippen LogP contribution in [0.4, 0.5) is 0 Å². The van der Waals surface area contributed by atoms with E-state index in [2.05, 4.69) is 12.2 Å². The molecule has 0 atom stereocenters. The fourth-order valence-corrected chi connectivity index (χ4v) is 2.61. The molecule has 0 radical (unpaired) electrons. The summed E-state index contributed by atoms with van der Waals surface area (Å²) in [5.41, 5.74) is 2.63. The lowest BCUT2D eigenvalue weighted by Gasteiger charge is -2.11. The van der Waals surface area contributed by atoms with Gasteiger partial charge in [-0.2, -0.15) is 0 Å². The number of rotatable bonds is 5. The van der Waals surface area contributed by atoms with Crippen molar-refractivity contribution in [2.45, 2.75) is 38.6 Å². The largest absolute Gasteiger partial charge is 0.313 e. The van der Waals surface area contributed by atoms with Crippen LogP contribution in [0.5, 0.6) is 0 Å². The van der Waals surface area contributed by atoms with Crippen LogP contribution in [0.15, 0.2) is 17.0 Å². The molecular formula is C12H20N2O2S. The van der Waals surface area contributed by atoms with E-state index in [1.54, 1.807) is 13.0 Å². The molecule has 0 fully saturated rings. The molecule has 5 heteroatoms. The first-order chi connectivity index (χ1) is 7.86. The zero-order valence-electron chi connectivity index (χ0n) is 10.6. The molecule has 0 aliphatic rings. The van der Waals surface area contributed by atoms with Crippen molar-refractivity contribution < 1.29 is 8.42 Å². The second-order valence-electron chi connectivity index (χ2n) is 4.26. The summed E-state index contributed by atoms with van der Waals surface area (Å²) in [5, 5.41) is 8.44. The maximum absolute atomic E-state index is 11.4. The molecule has 0 spiro atoms. The lowest BCUT2D eigenvalue weighted by atomic mass is 10.1. The molecule has 0 unspecified atom stereocenters. The van der Waals surface area contributed by atoms with Crippen LogP contribution in [-0.4, -0.2) is 15.0 Å². The number of nitrogens with two attached hydrogens (primary N) is 1. The van der Waals surface area contributed by atoms with Gasteiger partial charge in [-0.25, -0.2) is 13.6 Å². The molecule has 1 aromatic carbocycles. The predicted molar refractivity (Wildman–Crippen MR) is 69.3 cm³/mol. The third-order valence-electron chi connectivity index (χ3n) is 2.74. The minimum atomic E-state index is -3.64. The van der Waals surface area contributed by atoms with E-state index >= 15 is 0 Å². The molecule has 0 heterocycles. The van der Waals surface area contributed by atoms with Crippen molar-refractivity contribution in [1.82, 2.24) is 5.32 Å². The average molecular weight is 256 g/mol. The number of primary sulfonamides is 1. The Kier molecular flexibility index (Phi) is 4.68. The minimum absolute atomic E-state index is 0.228. The van der Waals surface area contributed by atoms with Gasteiger partial charge in [0.15, 0.2) is 0 Å². The van der Waals surface area contributed by atoms with Gasteiger partial charge in [-0.15, -0.1) is 0 Å². The summed E-state index contributed by atoms with van der Waals surface area (Å²) in [4.78, 5) is 0.228. The van der Waals surface area contributed by atoms with Crippen LogP contribution in [0.25, 0.3) is 0 Å². The van der Waals surface area contributed by atoms with Gasteiger partial charge in [0.2, 0.25) is 10.0 Å². The maximum atomic E-state index is 11.4. The van der Waals surface area contributed by atoms with Crippen molar-refractivity contribution in [1.29, 1.82) is 0 Å². The quantitative estimate of drug-likeness (QED) is 0.783. The molecule has 4 nitrogen and oxygen atoms in total. The van der Waals surface area contributed by atoms with Crippen molar-refractivity contribution in [2.24, 2.45) is 5.14 Å². The Bertz CT molecular complexity index is 495. The highest BCUT2D eigenvalue weighted by Gasteiger charge is 2.14. The fourth-order valence-electron chi connectivity index (χ4n) is 1.71. The van der Waals surface area contributed by atoms with Crippen LogP contribution in [0.1, 0.15) is 30.0 Å². The molecular weight excluding hydrogens is 236 g/mol. The summed E-state index contributed by atoms with van der Waals surface area (Å²) in [6.07, 6.45) is 1.05. The third kappa shape index (κ3) is 3.80. The summed E-state index contributed by atoms with van der Waals surface area (Å²) in [6, 6.07) is 3.65. The summed E-state index contributed by atoms with van der Waals surface area (Å²) in [5.74, 6) is 0. The second-order valence-corrected chi connectivity index (χ2v) is 5.79. The number of hydrogen-bond acceptors (Lipinski definition) is 3. The van der Waals surface area contributed by atoms with Crippen molar-refractivity contribution in [3.8, 4) is 0 Å². The number of aryl methyl sites for hydroxylation is 1. The number of hydrogen-bond donors (Lipinski definition) is 2. The van der Waals surface area contributed by atoms with Gasteiger partial charge >= 0.3 is 0 Å². The summed E-state index contributed by atoms with van der Waals surface area (Å²) < 4.78 is 22.9. The Hall–Kier alpha value is -0.910. The van der Waals surface area contributed by atoms with Gasteiger partial charge in [0.25, 0.3) is 0 Å². The highest BCUT2D eigenvalue weighted by molar-refractivity contribution is 7.89. The Morgan fingerprint density at radius 2 is 1.94 bits per heavy atom. The van der Waals surface area contributed by atoms with E-state index in [4.69, 9.17) is 5.14 Å². The fraction of sp³-hybridized carbons (Fsp3) is 0.500. The lowest BCUT2D eigenvalue weighted by molar-refractivity contribution is 0.596. The van der Waals surface area contributed by atoms with Gasteiger partial charge in [-0.1, -0.05) is 13.0 Å². The SMILES string of the molecule is CCCNCc1cc(C)c(C)c(S(N)(=O)=O)c1. The van der Waals surface area contributed by atoms with E-state index in [1.165, 1.54) is 0 Å². The van der Waals surface area contributed by atoms with Gasteiger partial charge in [0.1, 0.15) is 0 Å². The van der Waals surface area contributed by atoms with Crippen molar-refractivity contribution in [3.05, 3.63) is 28.8 Å². The van der Waals surface area contributed by atoms with Gasteiger partial charge in [-0.3, -0.25) is 0 Å². The molecule has 1 aromatic rings. The number of benzene rings is 1. The molecule has 96 valence electrons. The van der Waals surface area contributed by atoms with Gasteiger partial charge in [-0.05, 0) is 49.6 Å². The topological polar surface area (TPSA) is 72.2 Å². The monoisotopic (exact) mass is 256 g/mol. The van der Waals surface area contributed by atoms with Crippen LogP contribution in [0.3, 0.4) is 0 Å². The van der Waals surface area contributed by atoms with Crippen LogP contribution in [-0.2, 0) is 16.6 Å². The zero-order chi connectivity index (χ0) is 13.1. The van der Waals surface area contributed by atoms with E-state index in [0.717, 1.165) is 29.7 Å². The molecule has 17 heavy (non-hydrogen) atoms. The molecule has 0 bridgehead atoms. The van der Waals surface area contributed by atoms with E-state index in [0.29, 0.717) is 6.54 Å². The first-order valence-corrected chi connectivity index (χ1v) is 7.24. The standard InChI is InChI=1S/C12H20N2O2S/c1-4-5-14-8-11-6-9(2)10(3)12(7-11)17(13,15)16/h6-7,14H,4-5,8H2,1-3H3,(H2,13,15,16). The Morgan fingerprint density at radius 3 is 2.47 bits per heavy atom. The predicted octanol–water partition coefficient (Wildman–Crippen LogP) is 1.45. The summed E-state index contributed by atoms with van der Waals surface area (Å²) in [7, 11) is -3.64. The lowest BCUT2D eigenvalue weighted by Crippen LogP contribution is -2.17. The van der Waals surface area contributed by atoms with Crippen LogP contribution in [0, 0.1) is 13.8 Å². The summed E-state index contributed by atoms with van der Waals surface area (Å²) >= 11 is 0. The molecule has 0 saturated carbocycles. The van der Waals surface area contributed by atoms with Gasteiger partial charge in [0.05, 0.1) is 4.90 Å². The van der Waals surface area contributed by atoms with Gasteiger partial charge in [0, 0.05) is 6.54 Å². The van der Waals surface area contributed by atoms with Gasteiger partial charge < -0.3 is 5.32 Å². The first-order valence-electron chi connectivity index (χ1n) is 5.70. The highest BCUT2D eigenvalue weighted by Crippen LogP contribution is 2.19. The third-order valence-corrected chi connectivity index (χ3v) is 3.78. The number of nitrogens with one attached hydrogen (secondary N) is 1. The van der Waals surface area contributed by atoms with Crippen molar-refractivity contribution in [3.63, 3.8) is 0 Å².